The topological polar surface area (TPSA) is 177 Å². The van der Waals surface area contributed by atoms with E-state index in [1.807, 2.05) is 0 Å². The Morgan fingerprint density at radius 1 is 1.18 bits per heavy atom. The van der Waals surface area contributed by atoms with Crippen molar-refractivity contribution in [3.63, 3.8) is 0 Å². The van der Waals surface area contributed by atoms with E-state index >= 15 is 0 Å². The van der Waals surface area contributed by atoms with Gasteiger partial charge in [0.15, 0.2) is 5.40 Å². The van der Waals surface area contributed by atoms with Crippen molar-refractivity contribution in [1.82, 2.24) is 0 Å². The van der Waals surface area contributed by atoms with Gasteiger partial charge in [-0.1, -0.05) is 0 Å². The largest absolute Gasteiger partial charge is 0.438 e. The Kier molecular flexibility index (Phi) is 7.87. The van der Waals surface area contributed by atoms with E-state index in [0.29, 0.717) is 0 Å². The van der Waals surface area contributed by atoms with E-state index in [0.717, 1.165) is 0 Å². The Balaban J connectivity index is 4.81. The lowest BCUT2D eigenvalue weighted by Crippen LogP contribution is -2.25. The molecule has 0 aromatic heterocycles. The van der Waals surface area contributed by atoms with Crippen molar-refractivity contribution >= 4 is 21.2 Å². The number of aliphatic hydroxyl groups is 1. The standard InChI is InChI=1S/C10H23NO9P2/c1-10(2,3)9(13)19-6-20-22(17,18)8(21(14,15)16)5-4-7(11)12/h7-8,12H,4-6,11H2,1-3H3,(H,17,18)(H2,14,15,16). The van der Waals surface area contributed by atoms with Crippen LogP contribution in [0.1, 0.15) is 33.6 Å². The van der Waals surface area contributed by atoms with Crippen molar-refractivity contribution in [3.8, 4) is 0 Å². The molecule has 0 bridgehead atoms. The van der Waals surface area contributed by atoms with Crippen LogP contribution in [0, 0.1) is 5.41 Å². The van der Waals surface area contributed by atoms with Crippen LogP contribution in [0.15, 0.2) is 0 Å². The fourth-order valence-corrected chi connectivity index (χ4v) is 4.36. The molecule has 0 saturated carbocycles. The molecule has 0 amide bonds. The van der Waals surface area contributed by atoms with Crippen LogP contribution < -0.4 is 5.73 Å². The zero-order valence-corrected chi connectivity index (χ0v) is 14.4. The van der Waals surface area contributed by atoms with Crippen LogP contribution in [-0.4, -0.2) is 44.2 Å². The van der Waals surface area contributed by atoms with Crippen molar-refractivity contribution in [2.24, 2.45) is 11.1 Å². The minimum atomic E-state index is -5.00. The second kappa shape index (κ2) is 7.99. The van der Waals surface area contributed by atoms with Crippen molar-refractivity contribution in [2.45, 2.75) is 45.2 Å². The monoisotopic (exact) mass is 363 g/mol. The first-order chi connectivity index (χ1) is 9.68. The first-order valence-electron chi connectivity index (χ1n) is 6.31. The van der Waals surface area contributed by atoms with Gasteiger partial charge < -0.3 is 30.3 Å². The molecular formula is C10H23NO9P2. The Morgan fingerprint density at radius 3 is 2.05 bits per heavy atom. The quantitative estimate of drug-likeness (QED) is 0.229. The van der Waals surface area contributed by atoms with Crippen molar-refractivity contribution in [2.75, 3.05) is 6.79 Å². The molecule has 22 heavy (non-hydrogen) atoms. The van der Waals surface area contributed by atoms with Gasteiger partial charge in [-0.3, -0.25) is 18.4 Å². The van der Waals surface area contributed by atoms with Gasteiger partial charge in [0.05, 0.1) is 5.41 Å². The number of hydrogen-bond acceptors (Lipinski definition) is 7. The van der Waals surface area contributed by atoms with Crippen molar-refractivity contribution in [3.05, 3.63) is 0 Å². The van der Waals surface area contributed by atoms with Crippen LogP contribution in [-0.2, 0) is 23.2 Å². The van der Waals surface area contributed by atoms with Crippen LogP contribution in [0.4, 0.5) is 0 Å². The van der Waals surface area contributed by atoms with Gasteiger partial charge in [0.2, 0.25) is 6.79 Å². The molecule has 0 aromatic rings. The molecule has 132 valence electrons. The lowest BCUT2D eigenvalue weighted by Gasteiger charge is -2.24. The molecule has 3 unspecified atom stereocenters. The molecule has 0 rings (SSSR count). The second-order valence-electron chi connectivity index (χ2n) is 5.71. The highest BCUT2D eigenvalue weighted by Crippen LogP contribution is 2.64. The summed E-state index contributed by atoms with van der Waals surface area (Å²) in [5.41, 5.74) is 4.17. The number of carbonyl (C=O) groups is 1. The highest BCUT2D eigenvalue weighted by Gasteiger charge is 2.45. The summed E-state index contributed by atoms with van der Waals surface area (Å²) in [5.74, 6) is -0.711. The highest BCUT2D eigenvalue weighted by atomic mass is 31.2. The second-order valence-corrected chi connectivity index (χ2v) is 9.93. The number of hydrogen-bond donors (Lipinski definition) is 5. The van der Waals surface area contributed by atoms with Crippen LogP contribution in [0.2, 0.25) is 0 Å². The maximum Gasteiger partial charge on any atom is 0.346 e. The normalized spacial score (nSPS) is 18.4. The van der Waals surface area contributed by atoms with Gasteiger partial charge in [0, 0.05) is 0 Å². The summed E-state index contributed by atoms with van der Waals surface area (Å²) in [6.45, 7) is 3.73. The molecular weight excluding hydrogens is 340 g/mol. The molecule has 0 aliphatic carbocycles. The van der Waals surface area contributed by atoms with Gasteiger partial charge in [-0.05, 0) is 33.6 Å². The lowest BCUT2D eigenvalue weighted by atomic mass is 9.98. The average molecular weight is 363 g/mol. The Morgan fingerprint density at radius 2 is 1.68 bits per heavy atom. The maximum absolute atomic E-state index is 11.9. The molecule has 10 nitrogen and oxygen atoms in total. The molecule has 6 N–H and O–H groups in total. The molecule has 0 spiro atoms. The van der Waals surface area contributed by atoms with Gasteiger partial charge >= 0.3 is 21.2 Å². The smallest absolute Gasteiger partial charge is 0.346 e. The summed E-state index contributed by atoms with van der Waals surface area (Å²) < 4.78 is 32.3. The predicted molar refractivity (Wildman–Crippen MR) is 76.6 cm³/mol. The van der Waals surface area contributed by atoms with Gasteiger partial charge in [-0.15, -0.1) is 0 Å². The first kappa shape index (κ1) is 21.7. The highest BCUT2D eigenvalue weighted by molar-refractivity contribution is 7.71. The Labute approximate surface area is 128 Å². The number of ether oxygens (including phenoxy) is 1. The lowest BCUT2D eigenvalue weighted by molar-refractivity contribution is -0.159. The summed E-state index contributed by atoms with van der Waals surface area (Å²) in [7, 11) is -9.79. The van der Waals surface area contributed by atoms with E-state index in [1.54, 1.807) is 20.8 Å². The average Bonchev–Trinajstić information content (AvgIpc) is 2.24. The van der Waals surface area contributed by atoms with Gasteiger partial charge in [0.1, 0.15) is 6.23 Å². The fourth-order valence-electron chi connectivity index (χ4n) is 1.30. The molecule has 0 aliphatic heterocycles. The predicted octanol–water partition coefficient (Wildman–Crippen LogP) is 0.296. The van der Waals surface area contributed by atoms with Gasteiger partial charge in [0.25, 0.3) is 0 Å². The van der Waals surface area contributed by atoms with E-state index in [9.17, 15) is 18.8 Å². The van der Waals surface area contributed by atoms with Gasteiger partial charge in [-0.2, -0.15) is 0 Å². The Bertz CT molecular complexity index is 468. The molecule has 0 heterocycles. The number of carbonyl (C=O) groups excluding carboxylic acids is 1. The summed E-state index contributed by atoms with van der Waals surface area (Å²) >= 11 is 0. The molecule has 0 aliphatic rings. The molecule has 12 heteroatoms. The summed E-state index contributed by atoms with van der Waals surface area (Å²) in [5, 5.41) is 6.85. The van der Waals surface area contributed by atoms with Crippen molar-refractivity contribution in [1.29, 1.82) is 0 Å². The minimum absolute atomic E-state index is 0.314. The number of aliphatic hydroxyl groups excluding tert-OH is 1. The molecule has 0 saturated heterocycles. The number of rotatable bonds is 8. The first-order valence-corrected chi connectivity index (χ1v) is 9.64. The van der Waals surface area contributed by atoms with E-state index in [2.05, 4.69) is 9.26 Å². The molecule has 3 atom stereocenters. The summed E-state index contributed by atoms with van der Waals surface area (Å²) in [6, 6.07) is 0. The van der Waals surface area contributed by atoms with E-state index in [-0.39, 0.29) is 6.42 Å². The van der Waals surface area contributed by atoms with Crippen LogP contribution in [0.5, 0.6) is 0 Å². The zero-order chi connectivity index (χ0) is 17.8. The molecule has 0 aromatic carbocycles. The van der Waals surface area contributed by atoms with E-state index < -0.39 is 51.4 Å². The van der Waals surface area contributed by atoms with E-state index in [4.69, 9.17) is 20.6 Å². The minimum Gasteiger partial charge on any atom is -0.438 e. The number of esters is 1. The third-order valence-corrected chi connectivity index (χ3v) is 6.83. The van der Waals surface area contributed by atoms with E-state index in [1.165, 1.54) is 0 Å². The van der Waals surface area contributed by atoms with Crippen LogP contribution >= 0.6 is 15.2 Å². The molecule has 0 fully saturated rings. The van der Waals surface area contributed by atoms with Crippen LogP contribution in [0.25, 0.3) is 0 Å². The SMILES string of the molecule is CC(C)(C)C(=O)OCOP(=O)(O)C(CCC(N)O)P(=O)(O)O. The third kappa shape index (κ3) is 7.80. The van der Waals surface area contributed by atoms with Crippen molar-refractivity contribution < 1.29 is 43.0 Å². The number of nitrogens with two attached hydrogens (primary N) is 1. The maximum atomic E-state index is 11.9. The van der Waals surface area contributed by atoms with Crippen LogP contribution in [0.3, 0.4) is 0 Å². The zero-order valence-electron chi connectivity index (χ0n) is 12.6. The summed E-state index contributed by atoms with van der Waals surface area (Å²) in [6.07, 6.45) is -2.25. The summed E-state index contributed by atoms with van der Waals surface area (Å²) in [4.78, 5) is 39.4. The Hall–Kier alpha value is -0.310. The fraction of sp³-hybridized carbons (Fsp3) is 0.900. The van der Waals surface area contributed by atoms with Gasteiger partial charge in [-0.25, -0.2) is 0 Å². The molecule has 0 radical (unpaired) electrons. The third-order valence-electron chi connectivity index (χ3n) is 2.53.